The topological polar surface area (TPSA) is 72.3 Å². The fourth-order valence-corrected chi connectivity index (χ4v) is 4.22. The van der Waals surface area contributed by atoms with E-state index in [9.17, 15) is 0 Å². The van der Waals surface area contributed by atoms with Gasteiger partial charge in [0.05, 0.1) is 11.9 Å². The summed E-state index contributed by atoms with van der Waals surface area (Å²) in [6.07, 6.45) is 8.13. The van der Waals surface area contributed by atoms with Gasteiger partial charge in [-0.05, 0) is 47.2 Å². The van der Waals surface area contributed by atoms with E-state index in [1.165, 1.54) is 16.0 Å². The van der Waals surface area contributed by atoms with E-state index in [2.05, 4.69) is 86.9 Å². The fourth-order valence-electron chi connectivity index (χ4n) is 3.49. The number of imidazole rings is 1. The minimum atomic E-state index is 0.627. The first-order chi connectivity index (χ1) is 14.7. The number of hydrogen-bond donors (Lipinski definition) is 1. The summed E-state index contributed by atoms with van der Waals surface area (Å²) in [7, 11) is 0. The van der Waals surface area contributed by atoms with Crippen LogP contribution >= 0.6 is 11.3 Å². The summed E-state index contributed by atoms with van der Waals surface area (Å²) < 4.78 is 2.33. The zero-order valence-corrected chi connectivity index (χ0v) is 18.2. The molecule has 0 fully saturated rings. The number of aromatic nitrogens is 6. The van der Waals surface area contributed by atoms with E-state index in [0.717, 1.165) is 49.3 Å². The number of nitrogens with zero attached hydrogens (tertiary/aromatic N) is 5. The predicted molar refractivity (Wildman–Crippen MR) is 121 cm³/mol. The molecule has 0 amide bonds. The van der Waals surface area contributed by atoms with Gasteiger partial charge in [0.15, 0.2) is 0 Å². The molecule has 4 aromatic rings. The number of nitrogens with one attached hydrogen (secondary N) is 1. The van der Waals surface area contributed by atoms with E-state index in [1.54, 1.807) is 11.3 Å². The van der Waals surface area contributed by atoms with Crippen molar-refractivity contribution in [2.24, 2.45) is 0 Å². The third kappa shape index (κ3) is 4.74. The highest BCUT2D eigenvalue weighted by Crippen LogP contribution is 2.24. The zero-order chi connectivity index (χ0) is 20.8. The summed E-state index contributed by atoms with van der Waals surface area (Å²) >= 11 is 1.73. The Morgan fingerprint density at radius 1 is 1.20 bits per heavy atom. The van der Waals surface area contributed by atoms with Crippen molar-refractivity contribution in [1.82, 2.24) is 30.2 Å². The Kier molecular flexibility index (Phi) is 6.49. The van der Waals surface area contributed by atoms with Gasteiger partial charge in [-0.2, -0.15) is 5.21 Å². The van der Waals surface area contributed by atoms with E-state index in [4.69, 9.17) is 4.98 Å². The second-order valence-corrected chi connectivity index (χ2v) is 8.41. The van der Waals surface area contributed by atoms with Crippen molar-refractivity contribution in [2.75, 3.05) is 0 Å². The maximum atomic E-state index is 4.77. The Bertz CT molecular complexity index is 1090. The Hall–Kier alpha value is -3.06. The maximum Gasteiger partial charge on any atom is 0.201 e. The molecule has 0 aliphatic rings. The van der Waals surface area contributed by atoms with Gasteiger partial charge in [0.25, 0.3) is 0 Å². The number of H-pyrrole nitrogens is 1. The monoisotopic (exact) mass is 418 g/mol. The first kappa shape index (κ1) is 20.2. The SMILES string of the molecule is CCCCc1ncc(/C=C(/Cc2cccs2)c2nn[nH]n2)n1Cc1ccccc1C. The standard InChI is InChI=1S/C23H26N6S/c1-3-4-11-22-24-15-20(29(22)16-18-9-6-5-8-17(18)2)13-19(23-25-27-28-26-23)14-21-10-7-12-30-21/h5-10,12-13,15H,3-4,11,14,16H2,1-2H3,(H,25,26,27,28)/b19-13-. The highest BCUT2D eigenvalue weighted by Gasteiger charge is 2.14. The minimum absolute atomic E-state index is 0.627. The van der Waals surface area contributed by atoms with Crippen molar-refractivity contribution in [3.05, 3.63) is 81.3 Å². The number of aromatic amines is 1. The van der Waals surface area contributed by atoms with Gasteiger partial charge in [0.2, 0.25) is 5.82 Å². The van der Waals surface area contributed by atoms with Crippen LogP contribution in [0.3, 0.4) is 0 Å². The lowest BCUT2D eigenvalue weighted by molar-refractivity contribution is 0.673. The van der Waals surface area contributed by atoms with E-state index < -0.39 is 0 Å². The number of aryl methyl sites for hydroxylation is 2. The van der Waals surface area contributed by atoms with Crippen LogP contribution in [0.15, 0.2) is 48.0 Å². The second kappa shape index (κ2) is 9.63. The van der Waals surface area contributed by atoms with Crippen LogP contribution in [0, 0.1) is 6.92 Å². The molecule has 4 rings (SSSR count). The largest absolute Gasteiger partial charge is 0.324 e. The number of thiophene rings is 1. The lowest BCUT2D eigenvalue weighted by Gasteiger charge is -2.13. The summed E-state index contributed by atoms with van der Waals surface area (Å²) in [6, 6.07) is 12.7. The Balaban J connectivity index is 1.74. The van der Waals surface area contributed by atoms with Gasteiger partial charge in [-0.25, -0.2) is 4.98 Å². The number of unbranched alkanes of at least 4 members (excludes halogenated alkanes) is 1. The lowest BCUT2D eigenvalue weighted by atomic mass is 10.1. The van der Waals surface area contributed by atoms with E-state index >= 15 is 0 Å². The minimum Gasteiger partial charge on any atom is -0.324 e. The van der Waals surface area contributed by atoms with Crippen LogP contribution in [0.2, 0.25) is 0 Å². The molecule has 7 heteroatoms. The molecule has 3 heterocycles. The van der Waals surface area contributed by atoms with Crippen LogP contribution in [-0.4, -0.2) is 30.2 Å². The zero-order valence-electron chi connectivity index (χ0n) is 17.4. The average Bonchev–Trinajstić information content (AvgIpc) is 3.51. The van der Waals surface area contributed by atoms with Gasteiger partial charge in [-0.3, -0.25) is 0 Å². The van der Waals surface area contributed by atoms with Gasteiger partial charge in [0, 0.05) is 29.8 Å². The van der Waals surface area contributed by atoms with Crippen molar-refractivity contribution in [3.63, 3.8) is 0 Å². The predicted octanol–water partition coefficient (Wildman–Crippen LogP) is 4.94. The normalized spacial score (nSPS) is 11.9. The number of benzene rings is 1. The first-order valence-electron chi connectivity index (χ1n) is 10.3. The van der Waals surface area contributed by atoms with Crippen LogP contribution in [0.4, 0.5) is 0 Å². The molecule has 0 atom stereocenters. The number of rotatable bonds is 9. The van der Waals surface area contributed by atoms with Crippen LogP contribution in [0.25, 0.3) is 11.6 Å². The molecule has 0 spiro atoms. The number of hydrogen-bond acceptors (Lipinski definition) is 5. The second-order valence-electron chi connectivity index (χ2n) is 7.38. The van der Waals surface area contributed by atoms with Crippen molar-refractivity contribution >= 4 is 23.0 Å². The molecule has 0 bridgehead atoms. The van der Waals surface area contributed by atoms with E-state index in [-0.39, 0.29) is 0 Å². The van der Waals surface area contributed by atoms with Crippen molar-refractivity contribution in [1.29, 1.82) is 0 Å². The third-order valence-electron chi connectivity index (χ3n) is 5.21. The van der Waals surface area contributed by atoms with Gasteiger partial charge in [0.1, 0.15) is 5.82 Å². The molecule has 1 aromatic carbocycles. The molecule has 0 aliphatic carbocycles. The average molecular weight is 419 g/mol. The Labute approximate surface area is 180 Å². The molecule has 154 valence electrons. The summed E-state index contributed by atoms with van der Waals surface area (Å²) in [6.45, 7) is 5.18. The molecule has 30 heavy (non-hydrogen) atoms. The maximum absolute atomic E-state index is 4.77. The first-order valence-corrected chi connectivity index (χ1v) is 11.2. The van der Waals surface area contributed by atoms with E-state index in [0.29, 0.717) is 5.82 Å². The molecule has 6 nitrogen and oxygen atoms in total. The third-order valence-corrected chi connectivity index (χ3v) is 6.09. The van der Waals surface area contributed by atoms with Crippen LogP contribution in [0.5, 0.6) is 0 Å². The van der Waals surface area contributed by atoms with Crippen LogP contribution in [0.1, 0.15) is 53.1 Å². The van der Waals surface area contributed by atoms with Crippen LogP contribution in [-0.2, 0) is 19.4 Å². The molecule has 1 N–H and O–H groups in total. The van der Waals surface area contributed by atoms with Crippen molar-refractivity contribution < 1.29 is 0 Å². The molecule has 3 aromatic heterocycles. The Morgan fingerprint density at radius 2 is 2.10 bits per heavy atom. The van der Waals surface area contributed by atoms with E-state index in [1.807, 2.05) is 6.20 Å². The smallest absolute Gasteiger partial charge is 0.201 e. The molecule has 0 radical (unpaired) electrons. The molecule has 0 aliphatic heterocycles. The van der Waals surface area contributed by atoms with Gasteiger partial charge in [-0.1, -0.05) is 43.7 Å². The fraction of sp³-hybridized carbons (Fsp3) is 0.304. The summed E-state index contributed by atoms with van der Waals surface area (Å²) in [5.74, 6) is 1.75. The van der Waals surface area contributed by atoms with Gasteiger partial charge >= 0.3 is 0 Å². The quantitative estimate of drug-likeness (QED) is 0.418. The van der Waals surface area contributed by atoms with Gasteiger partial charge < -0.3 is 4.57 Å². The Morgan fingerprint density at radius 3 is 2.83 bits per heavy atom. The van der Waals surface area contributed by atoms with Crippen molar-refractivity contribution in [3.8, 4) is 0 Å². The molecule has 0 saturated heterocycles. The molecule has 0 unspecified atom stereocenters. The highest BCUT2D eigenvalue weighted by atomic mass is 32.1. The van der Waals surface area contributed by atoms with Crippen LogP contribution < -0.4 is 0 Å². The molecular formula is C23H26N6S. The number of tetrazole rings is 1. The van der Waals surface area contributed by atoms with Gasteiger partial charge in [-0.15, -0.1) is 21.5 Å². The molecule has 0 saturated carbocycles. The molecular weight excluding hydrogens is 392 g/mol. The summed E-state index contributed by atoms with van der Waals surface area (Å²) in [4.78, 5) is 6.03. The highest BCUT2D eigenvalue weighted by molar-refractivity contribution is 7.10. The van der Waals surface area contributed by atoms with Crippen molar-refractivity contribution in [2.45, 2.75) is 46.1 Å². The summed E-state index contributed by atoms with van der Waals surface area (Å²) in [5, 5.41) is 16.9. The number of allylic oxidation sites excluding steroid dienone is 1. The lowest BCUT2D eigenvalue weighted by Crippen LogP contribution is -2.08. The summed E-state index contributed by atoms with van der Waals surface area (Å²) in [5.41, 5.74) is 4.70.